The lowest BCUT2D eigenvalue weighted by molar-refractivity contribution is -0.120. The third-order valence-electron chi connectivity index (χ3n) is 6.14. The minimum Gasteiger partial charge on any atom is -0.448 e. The number of amides is 1. The first kappa shape index (κ1) is 27.5. The normalized spacial score (nSPS) is 15.1. The Labute approximate surface area is 221 Å². The van der Waals surface area contributed by atoms with E-state index in [-0.39, 0.29) is 30.0 Å². The van der Waals surface area contributed by atoms with Gasteiger partial charge in [0, 0.05) is 22.5 Å². The van der Waals surface area contributed by atoms with E-state index >= 15 is 0 Å². The van der Waals surface area contributed by atoms with Crippen LogP contribution in [0.3, 0.4) is 0 Å². The zero-order valence-corrected chi connectivity index (χ0v) is 21.6. The molecule has 1 fully saturated rings. The topological polar surface area (TPSA) is 109 Å². The molecule has 1 aliphatic heterocycles. The predicted octanol–water partition coefficient (Wildman–Crippen LogP) is 5.76. The fourth-order valence-electron chi connectivity index (χ4n) is 4.20. The Morgan fingerprint density at radius 1 is 1.28 bits per heavy atom. The lowest BCUT2D eigenvalue weighted by Crippen LogP contribution is -2.37. The molecule has 2 heterocycles. The molecule has 3 aromatic rings. The summed E-state index contributed by atoms with van der Waals surface area (Å²) in [7, 11) is 0. The molecule has 2 aromatic carbocycles. The van der Waals surface area contributed by atoms with Crippen molar-refractivity contribution in [3.63, 3.8) is 0 Å². The second-order valence-corrected chi connectivity index (χ2v) is 9.06. The number of hydrogen-bond acceptors (Lipinski definition) is 6. The third-order valence-corrected chi connectivity index (χ3v) is 6.47. The van der Waals surface area contributed by atoms with E-state index in [2.05, 4.69) is 28.7 Å². The van der Waals surface area contributed by atoms with Gasteiger partial charge in [-0.25, -0.2) is 4.79 Å². The number of carbonyl (C=O) groups is 2. The molecule has 0 saturated carbocycles. The van der Waals surface area contributed by atoms with Gasteiger partial charge in [0.2, 0.25) is 5.91 Å². The van der Waals surface area contributed by atoms with Crippen LogP contribution in [0.5, 0.6) is 0 Å². The summed E-state index contributed by atoms with van der Waals surface area (Å²) in [6.45, 7) is 3.89. The molecular formula is C26H29Cl2N5O3. The van der Waals surface area contributed by atoms with Crippen LogP contribution < -0.4 is 10.6 Å². The molecule has 36 heavy (non-hydrogen) atoms. The number of anilines is 1. The summed E-state index contributed by atoms with van der Waals surface area (Å²) < 4.78 is 6.61. The number of nitriles is 1. The number of aromatic nitrogens is 2. The Morgan fingerprint density at radius 2 is 2.11 bits per heavy atom. The second kappa shape index (κ2) is 12.7. The van der Waals surface area contributed by atoms with Crippen LogP contribution in [0.4, 0.5) is 10.6 Å². The number of carbonyl (C=O) groups excluding carboxylic acids is 2. The molecule has 0 unspecified atom stereocenters. The van der Waals surface area contributed by atoms with Gasteiger partial charge in [-0.15, -0.1) is 17.5 Å². The highest BCUT2D eigenvalue weighted by molar-refractivity contribution is 6.33. The minimum absolute atomic E-state index is 0. The molecule has 10 heteroatoms. The van der Waals surface area contributed by atoms with Crippen molar-refractivity contribution in [2.45, 2.75) is 39.0 Å². The van der Waals surface area contributed by atoms with Crippen molar-refractivity contribution in [1.82, 2.24) is 15.1 Å². The highest BCUT2D eigenvalue weighted by Crippen LogP contribution is 2.34. The van der Waals surface area contributed by atoms with Crippen LogP contribution in [-0.2, 0) is 9.53 Å². The van der Waals surface area contributed by atoms with Crippen molar-refractivity contribution in [2.24, 2.45) is 5.92 Å². The van der Waals surface area contributed by atoms with Crippen LogP contribution in [0.1, 0.15) is 44.6 Å². The van der Waals surface area contributed by atoms with Gasteiger partial charge in [0.05, 0.1) is 29.7 Å². The number of piperidine rings is 1. The van der Waals surface area contributed by atoms with E-state index in [1.165, 1.54) is 4.68 Å². The fraction of sp³-hybridized carbons (Fsp3) is 0.385. The number of benzene rings is 2. The quantitative estimate of drug-likeness (QED) is 0.376. The molecule has 8 nitrogen and oxygen atoms in total. The summed E-state index contributed by atoms with van der Waals surface area (Å²) in [5.41, 5.74) is 2.41. The molecule has 0 bridgehead atoms. The molecule has 0 aliphatic carbocycles. The SMILES string of the molecule is CCCCCOC(=O)n1nc(NC(=O)[C@@H]2CCCNC2)c2cc(-c3cc(C#N)ccc3Cl)ccc21.Cl. The van der Waals surface area contributed by atoms with Gasteiger partial charge < -0.3 is 15.4 Å². The summed E-state index contributed by atoms with van der Waals surface area (Å²) in [4.78, 5) is 25.8. The summed E-state index contributed by atoms with van der Waals surface area (Å²) >= 11 is 6.42. The van der Waals surface area contributed by atoms with E-state index in [4.69, 9.17) is 16.3 Å². The number of unbranched alkanes of at least 4 members (excludes halogenated alkanes) is 2. The van der Waals surface area contributed by atoms with Crippen LogP contribution in [-0.4, -0.2) is 41.5 Å². The second-order valence-electron chi connectivity index (χ2n) is 8.65. The maximum Gasteiger partial charge on any atom is 0.435 e. The first-order valence-electron chi connectivity index (χ1n) is 11.9. The molecular weight excluding hydrogens is 501 g/mol. The predicted molar refractivity (Wildman–Crippen MR) is 143 cm³/mol. The molecule has 190 valence electrons. The van der Waals surface area contributed by atoms with Gasteiger partial charge in [-0.05, 0) is 61.7 Å². The lowest BCUT2D eigenvalue weighted by atomic mass is 9.98. The van der Waals surface area contributed by atoms with E-state index in [1.54, 1.807) is 24.3 Å². The standard InChI is InChI=1S/C26H28ClN5O3.ClH/c1-2-3-4-12-35-26(34)32-23-10-8-18(20-13-17(15-28)7-9-22(20)27)14-21(23)24(31-32)30-25(33)19-6-5-11-29-16-19;/h7-10,13-14,19,29H,2-6,11-12,16H2,1H3,(H,30,31,33);1H/t19-;/m1./s1. The number of halogens is 2. The Kier molecular flexibility index (Phi) is 9.71. The van der Waals surface area contributed by atoms with Gasteiger partial charge in [0.1, 0.15) is 0 Å². The highest BCUT2D eigenvalue weighted by Gasteiger charge is 2.24. The molecule has 1 amide bonds. The maximum absolute atomic E-state index is 13.0. The number of rotatable bonds is 7. The van der Waals surface area contributed by atoms with Crippen molar-refractivity contribution in [3.8, 4) is 17.2 Å². The first-order chi connectivity index (χ1) is 17.0. The van der Waals surface area contributed by atoms with E-state index in [0.29, 0.717) is 40.2 Å². The monoisotopic (exact) mass is 529 g/mol. The largest absolute Gasteiger partial charge is 0.448 e. The zero-order valence-electron chi connectivity index (χ0n) is 20.1. The van der Waals surface area contributed by atoms with Gasteiger partial charge >= 0.3 is 6.09 Å². The lowest BCUT2D eigenvalue weighted by Gasteiger charge is -2.21. The molecule has 1 aromatic heterocycles. The Morgan fingerprint density at radius 3 is 2.83 bits per heavy atom. The van der Waals surface area contributed by atoms with Gasteiger partial charge in [-0.3, -0.25) is 4.79 Å². The van der Waals surface area contributed by atoms with E-state index in [9.17, 15) is 14.9 Å². The molecule has 1 saturated heterocycles. The number of nitrogens with one attached hydrogen (secondary N) is 2. The van der Waals surface area contributed by atoms with Crippen LogP contribution in [0, 0.1) is 17.2 Å². The summed E-state index contributed by atoms with van der Waals surface area (Å²) in [5.74, 6) is -0.0275. The van der Waals surface area contributed by atoms with Crippen molar-refractivity contribution in [1.29, 1.82) is 5.26 Å². The average molecular weight is 530 g/mol. The molecule has 0 spiro atoms. The van der Waals surface area contributed by atoms with Gasteiger partial charge in [-0.2, -0.15) is 9.94 Å². The number of nitrogens with zero attached hydrogens (tertiary/aromatic N) is 3. The molecule has 0 radical (unpaired) electrons. The maximum atomic E-state index is 13.0. The van der Waals surface area contributed by atoms with Crippen molar-refractivity contribution < 1.29 is 14.3 Å². The van der Waals surface area contributed by atoms with E-state index in [0.717, 1.165) is 44.2 Å². The van der Waals surface area contributed by atoms with Crippen molar-refractivity contribution in [2.75, 3.05) is 25.0 Å². The van der Waals surface area contributed by atoms with Crippen molar-refractivity contribution >= 4 is 52.7 Å². The highest BCUT2D eigenvalue weighted by atomic mass is 35.5. The number of fused-ring (bicyclic) bond motifs is 1. The number of ether oxygens (including phenoxy) is 1. The average Bonchev–Trinajstić information content (AvgIpc) is 3.25. The Hall–Kier alpha value is -3.12. The Bertz CT molecular complexity index is 1280. The number of hydrogen-bond donors (Lipinski definition) is 2. The van der Waals surface area contributed by atoms with Crippen LogP contribution in [0.15, 0.2) is 36.4 Å². The van der Waals surface area contributed by atoms with Gasteiger partial charge in [0.25, 0.3) is 0 Å². The zero-order chi connectivity index (χ0) is 24.8. The first-order valence-corrected chi connectivity index (χ1v) is 12.3. The molecule has 4 rings (SSSR count). The summed E-state index contributed by atoms with van der Waals surface area (Å²) in [6, 6.07) is 12.5. The van der Waals surface area contributed by atoms with Crippen LogP contribution in [0.2, 0.25) is 5.02 Å². The Balaban J connectivity index is 0.00000361. The van der Waals surface area contributed by atoms with Gasteiger partial charge in [0.15, 0.2) is 5.82 Å². The van der Waals surface area contributed by atoms with Crippen molar-refractivity contribution in [3.05, 3.63) is 47.0 Å². The summed E-state index contributed by atoms with van der Waals surface area (Å²) in [6.07, 6.45) is 3.89. The minimum atomic E-state index is -0.594. The van der Waals surface area contributed by atoms with E-state index < -0.39 is 6.09 Å². The summed E-state index contributed by atoms with van der Waals surface area (Å²) in [5, 5.41) is 21.0. The smallest absolute Gasteiger partial charge is 0.435 e. The fourth-order valence-corrected chi connectivity index (χ4v) is 4.43. The third kappa shape index (κ3) is 6.16. The molecule has 1 aliphatic rings. The molecule has 2 N–H and O–H groups in total. The molecule has 1 atom stereocenters. The van der Waals surface area contributed by atoms with Crippen LogP contribution >= 0.6 is 24.0 Å². The van der Waals surface area contributed by atoms with Gasteiger partial charge in [-0.1, -0.05) is 37.4 Å². The van der Waals surface area contributed by atoms with Crippen LogP contribution in [0.25, 0.3) is 22.0 Å². The van der Waals surface area contributed by atoms with E-state index in [1.807, 2.05) is 12.1 Å².